The molecule has 0 spiro atoms. The van der Waals surface area contributed by atoms with Gasteiger partial charge in [0.2, 0.25) is 0 Å². The Morgan fingerprint density at radius 1 is 1.31 bits per heavy atom. The Balaban J connectivity index is 2.08. The molecule has 2 aromatic rings. The Morgan fingerprint density at radius 2 is 2.12 bits per heavy atom. The summed E-state index contributed by atoms with van der Waals surface area (Å²) in [6, 6.07) is 10.1. The quantitative estimate of drug-likeness (QED) is 0.662. The van der Waals surface area contributed by atoms with E-state index in [9.17, 15) is 0 Å². The first-order valence-electron chi connectivity index (χ1n) is 4.98. The minimum atomic E-state index is 0.732. The largest absolute Gasteiger partial charge is 0.334 e. The standard InChI is InChI=1S/C12H12N2S2/c1-9-4-2-3-5-10(9)16-8-11-13-7-6-12(15)14-11/h2-7H,8H2,1H3,(H,13,14,15). The monoisotopic (exact) mass is 248 g/mol. The fourth-order valence-electron chi connectivity index (χ4n) is 1.35. The molecule has 0 unspecified atom stereocenters. The van der Waals surface area contributed by atoms with Gasteiger partial charge in [-0.3, -0.25) is 0 Å². The number of H-pyrrole nitrogens is 1. The van der Waals surface area contributed by atoms with Gasteiger partial charge in [-0.15, -0.1) is 11.8 Å². The van der Waals surface area contributed by atoms with Crippen molar-refractivity contribution in [3.8, 4) is 0 Å². The summed E-state index contributed by atoms with van der Waals surface area (Å²) in [6.07, 6.45) is 1.74. The van der Waals surface area contributed by atoms with Crippen LogP contribution in [0.15, 0.2) is 41.4 Å². The summed E-state index contributed by atoms with van der Waals surface area (Å²) in [5.74, 6) is 1.73. The lowest BCUT2D eigenvalue weighted by atomic mass is 10.2. The third-order valence-electron chi connectivity index (χ3n) is 2.18. The lowest BCUT2D eigenvalue weighted by Crippen LogP contribution is -1.91. The molecule has 82 valence electrons. The molecule has 0 bridgehead atoms. The van der Waals surface area contributed by atoms with E-state index in [4.69, 9.17) is 12.2 Å². The highest BCUT2D eigenvalue weighted by Gasteiger charge is 1.99. The second-order valence-corrected chi connectivity index (χ2v) is 4.89. The first-order chi connectivity index (χ1) is 7.75. The van der Waals surface area contributed by atoms with Gasteiger partial charge in [0.15, 0.2) is 0 Å². The molecule has 16 heavy (non-hydrogen) atoms. The molecule has 2 rings (SSSR count). The maximum absolute atomic E-state index is 5.05. The Morgan fingerprint density at radius 3 is 2.88 bits per heavy atom. The van der Waals surface area contributed by atoms with E-state index >= 15 is 0 Å². The number of aromatic amines is 1. The summed E-state index contributed by atoms with van der Waals surface area (Å²) in [5.41, 5.74) is 1.29. The summed E-state index contributed by atoms with van der Waals surface area (Å²) in [7, 11) is 0. The molecule has 1 aromatic heterocycles. The first kappa shape index (κ1) is 11.4. The van der Waals surface area contributed by atoms with E-state index in [0.29, 0.717) is 0 Å². The van der Waals surface area contributed by atoms with Crippen LogP contribution >= 0.6 is 24.0 Å². The molecule has 0 atom stereocenters. The van der Waals surface area contributed by atoms with Crippen molar-refractivity contribution in [1.82, 2.24) is 9.97 Å². The number of hydrogen-bond donors (Lipinski definition) is 1. The average Bonchev–Trinajstić information content (AvgIpc) is 2.28. The van der Waals surface area contributed by atoms with Crippen molar-refractivity contribution in [3.05, 3.63) is 52.6 Å². The van der Waals surface area contributed by atoms with Crippen LogP contribution in [0.25, 0.3) is 0 Å². The molecule has 1 heterocycles. The van der Waals surface area contributed by atoms with E-state index in [1.54, 1.807) is 24.0 Å². The average molecular weight is 248 g/mol. The number of benzene rings is 1. The van der Waals surface area contributed by atoms with Gasteiger partial charge >= 0.3 is 0 Å². The topological polar surface area (TPSA) is 28.7 Å². The zero-order chi connectivity index (χ0) is 11.4. The van der Waals surface area contributed by atoms with Crippen LogP contribution in [0.3, 0.4) is 0 Å². The van der Waals surface area contributed by atoms with Crippen molar-refractivity contribution in [2.45, 2.75) is 17.6 Å². The molecule has 0 aliphatic heterocycles. The molecule has 0 saturated carbocycles. The minimum Gasteiger partial charge on any atom is -0.334 e. The number of nitrogens with zero attached hydrogens (tertiary/aromatic N) is 1. The molecule has 1 N–H and O–H groups in total. The zero-order valence-electron chi connectivity index (χ0n) is 8.93. The van der Waals surface area contributed by atoms with Gasteiger partial charge in [-0.05, 0) is 24.6 Å². The Bertz CT molecular complexity index is 534. The molecule has 0 aliphatic carbocycles. The fourth-order valence-corrected chi connectivity index (χ4v) is 2.44. The second kappa shape index (κ2) is 5.27. The Kier molecular flexibility index (Phi) is 3.74. The number of aromatic nitrogens is 2. The van der Waals surface area contributed by atoms with Gasteiger partial charge in [0, 0.05) is 11.1 Å². The number of aryl methyl sites for hydroxylation is 1. The van der Waals surface area contributed by atoms with Crippen LogP contribution in [0.1, 0.15) is 11.4 Å². The van der Waals surface area contributed by atoms with Gasteiger partial charge in [-0.2, -0.15) is 0 Å². The van der Waals surface area contributed by atoms with Crippen LogP contribution in [0.4, 0.5) is 0 Å². The summed E-state index contributed by atoms with van der Waals surface area (Å²) < 4.78 is 0.732. The van der Waals surface area contributed by atoms with Crippen LogP contribution in [-0.4, -0.2) is 9.97 Å². The van der Waals surface area contributed by atoms with Gasteiger partial charge in [0.05, 0.1) is 5.75 Å². The van der Waals surface area contributed by atoms with Crippen molar-refractivity contribution in [2.24, 2.45) is 0 Å². The van der Waals surface area contributed by atoms with E-state index in [1.165, 1.54) is 10.5 Å². The number of rotatable bonds is 3. The maximum Gasteiger partial charge on any atom is 0.117 e. The summed E-state index contributed by atoms with van der Waals surface area (Å²) in [4.78, 5) is 8.61. The molecular formula is C12H12N2S2. The highest BCUT2D eigenvalue weighted by Crippen LogP contribution is 2.24. The summed E-state index contributed by atoms with van der Waals surface area (Å²) in [6.45, 7) is 2.11. The first-order valence-corrected chi connectivity index (χ1v) is 6.38. The molecule has 0 aliphatic rings. The lowest BCUT2D eigenvalue weighted by Gasteiger charge is -2.04. The van der Waals surface area contributed by atoms with Crippen LogP contribution in [0.5, 0.6) is 0 Å². The molecule has 1 aromatic carbocycles. The van der Waals surface area contributed by atoms with Gasteiger partial charge in [-0.25, -0.2) is 4.98 Å². The molecule has 0 fully saturated rings. The summed E-state index contributed by atoms with van der Waals surface area (Å²) >= 11 is 6.82. The Labute approximate surface area is 104 Å². The molecule has 0 saturated heterocycles. The predicted molar refractivity (Wildman–Crippen MR) is 70.2 cm³/mol. The van der Waals surface area contributed by atoms with E-state index in [-0.39, 0.29) is 0 Å². The van der Waals surface area contributed by atoms with E-state index < -0.39 is 0 Å². The normalized spacial score (nSPS) is 10.3. The third kappa shape index (κ3) is 2.93. The Hall–Kier alpha value is -1.13. The van der Waals surface area contributed by atoms with Crippen molar-refractivity contribution in [1.29, 1.82) is 0 Å². The van der Waals surface area contributed by atoms with Crippen LogP contribution in [0.2, 0.25) is 0 Å². The number of hydrogen-bond acceptors (Lipinski definition) is 3. The summed E-state index contributed by atoms with van der Waals surface area (Å²) in [5, 5.41) is 0. The van der Waals surface area contributed by atoms with E-state index in [2.05, 4.69) is 35.1 Å². The van der Waals surface area contributed by atoms with Gasteiger partial charge in [-0.1, -0.05) is 30.4 Å². The maximum atomic E-state index is 5.05. The molecular weight excluding hydrogens is 236 g/mol. The zero-order valence-corrected chi connectivity index (χ0v) is 10.6. The fraction of sp³-hybridized carbons (Fsp3) is 0.167. The van der Waals surface area contributed by atoms with Crippen LogP contribution < -0.4 is 0 Å². The molecule has 4 heteroatoms. The van der Waals surface area contributed by atoms with Crippen LogP contribution in [-0.2, 0) is 5.75 Å². The van der Waals surface area contributed by atoms with Crippen molar-refractivity contribution >= 4 is 24.0 Å². The van der Waals surface area contributed by atoms with Crippen molar-refractivity contribution in [3.63, 3.8) is 0 Å². The SMILES string of the molecule is Cc1ccccc1SCc1nccc(=S)[nH]1. The molecule has 0 amide bonds. The lowest BCUT2D eigenvalue weighted by molar-refractivity contribution is 1.02. The molecule has 2 nitrogen and oxygen atoms in total. The van der Waals surface area contributed by atoms with Gasteiger partial charge < -0.3 is 4.98 Å². The van der Waals surface area contributed by atoms with Crippen molar-refractivity contribution in [2.75, 3.05) is 0 Å². The minimum absolute atomic E-state index is 0.732. The second-order valence-electron chi connectivity index (χ2n) is 3.43. The third-order valence-corrected chi connectivity index (χ3v) is 3.61. The van der Waals surface area contributed by atoms with Crippen LogP contribution in [0, 0.1) is 11.6 Å². The van der Waals surface area contributed by atoms with Gasteiger partial charge in [0.1, 0.15) is 10.5 Å². The molecule has 0 radical (unpaired) electrons. The smallest absolute Gasteiger partial charge is 0.117 e. The number of thioether (sulfide) groups is 1. The van der Waals surface area contributed by atoms with E-state index in [1.807, 2.05) is 6.07 Å². The highest BCUT2D eigenvalue weighted by molar-refractivity contribution is 7.98. The highest BCUT2D eigenvalue weighted by atomic mass is 32.2. The number of nitrogens with one attached hydrogen (secondary N) is 1. The van der Waals surface area contributed by atoms with Gasteiger partial charge in [0.25, 0.3) is 0 Å². The van der Waals surface area contributed by atoms with Crippen molar-refractivity contribution < 1.29 is 0 Å². The van der Waals surface area contributed by atoms with E-state index in [0.717, 1.165) is 16.2 Å². The predicted octanol–water partition coefficient (Wildman–Crippen LogP) is 3.74.